The summed E-state index contributed by atoms with van der Waals surface area (Å²) in [6.45, 7) is 2.22. The van der Waals surface area contributed by atoms with Crippen molar-refractivity contribution in [3.63, 3.8) is 0 Å². The molecule has 16 heavy (non-hydrogen) atoms. The van der Waals surface area contributed by atoms with Gasteiger partial charge in [-0.15, -0.1) is 0 Å². The molecule has 0 saturated carbocycles. The van der Waals surface area contributed by atoms with E-state index in [9.17, 15) is 0 Å². The number of aryl methyl sites for hydroxylation is 1. The maximum atomic E-state index is 9.01. The third-order valence-corrected chi connectivity index (χ3v) is 2.65. The zero-order valence-corrected chi connectivity index (χ0v) is 8.90. The van der Waals surface area contributed by atoms with Crippen molar-refractivity contribution in [3.05, 3.63) is 24.0 Å². The van der Waals surface area contributed by atoms with Crippen LogP contribution in [0.2, 0.25) is 0 Å². The average molecular weight is 220 g/mol. The molecular formula is C12H12O4. The van der Waals surface area contributed by atoms with Crippen molar-refractivity contribution in [2.45, 2.75) is 13.0 Å². The van der Waals surface area contributed by atoms with E-state index < -0.39 is 0 Å². The Kier molecular flexibility index (Phi) is 2.04. The Labute approximate surface area is 92.4 Å². The molecule has 0 bridgehead atoms. The fourth-order valence-electron chi connectivity index (χ4n) is 1.91. The van der Waals surface area contributed by atoms with Gasteiger partial charge < -0.3 is 19.0 Å². The maximum Gasteiger partial charge on any atom is 0.172 e. The number of aliphatic hydroxyl groups is 1. The van der Waals surface area contributed by atoms with Crippen molar-refractivity contribution in [2.24, 2.45) is 0 Å². The first kappa shape index (κ1) is 9.54. The van der Waals surface area contributed by atoms with Gasteiger partial charge >= 0.3 is 0 Å². The van der Waals surface area contributed by atoms with E-state index in [1.54, 1.807) is 0 Å². The van der Waals surface area contributed by atoms with Gasteiger partial charge in [-0.1, -0.05) is 0 Å². The van der Waals surface area contributed by atoms with Gasteiger partial charge in [0.05, 0.1) is 12.0 Å². The molecule has 0 amide bonds. The molecule has 1 aromatic heterocycles. The Balaban J connectivity index is 2.13. The van der Waals surface area contributed by atoms with Gasteiger partial charge in [0.1, 0.15) is 18.0 Å². The molecule has 0 spiro atoms. The lowest BCUT2D eigenvalue weighted by Gasteiger charge is -2.25. The first-order chi connectivity index (χ1) is 7.78. The SMILES string of the molecule is Cc1cc2c3c(ccc2o1)O[C@@H](CO)CO3. The summed E-state index contributed by atoms with van der Waals surface area (Å²) >= 11 is 0. The van der Waals surface area contributed by atoms with Crippen molar-refractivity contribution < 1.29 is 19.0 Å². The second kappa shape index (κ2) is 3.42. The topological polar surface area (TPSA) is 51.8 Å². The highest BCUT2D eigenvalue weighted by molar-refractivity contribution is 5.87. The van der Waals surface area contributed by atoms with Gasteiger partial charge in [0.2, 0.25) is 0 Å². The molecule has 0 radical (unpaired) electrons. The highest BCUT2D eigenvalue weighted by Crippen LogP contribution is 2.39. The molecule has 0 fully saturated rings. The summed E-state index contributed by atoms with van der Waals surface area (Å²) in [5.41, 5.74) is 0.794. The van der Waals surface area contributed by atoms with Crippen LogP contribution in [0.5, 0.6) is 11.5 Å². The van der Waals surface area contributed by atoms with Crippen LogP contribution in [0.15, 0.2) is 22.6 Å². The highest BCUT2D eigenvalue weighted by Gasteiger charge is 2.23. The van der Waals surface area contributed by atoms with Gasteiger partial charge in [0.15, 0.2) is 17.6 Å². The highest BCUT2D eigenvalue weighted by atomic mass is 16.6. The third kappa shape index (κ3) is 1.34. The second-order valence-electron chi connectivity index (χ2n) is 3.90. The van der Waals surface area contributed by atoms with E-state index in [0.29, 0.717) is 18.1 Å². The minimum absolute atomic E-state index is 0.0398. The number of fused-ring (bicyclic) bond motifs is 3. The van der Waals surface area contributed by atoms with Crippen LogP contribution < -0.4 is 9.47 Å². The van der Waals surface area contributed by atoms with Crippen molar-refractivity contribution in [3.8, 4) is 11.5 Å². The van der Waals surface area contributed by atoms with Crippen LogP contribution in [0, 0.1) is 6.92 Å². The van der Waals surface area contributed by atoms with Crippen LogP contribution in [-0.4, -0.2) is 24.4 Å². The Hall–Kier alpha value is -1.68. The molecule has 3 rings (SSSR count). The van der Waals surface area contributed by atoms with Crippen LogP contribution in [0.1, 0.15) is 5.76 Å². The van der Waals surface area contributed by atoms with E-state index in [1.165, 1.54) is 0 Å². The van der Waals surface area contributed by atoms with Gasteiger partial charge in [-0.2, -0.15) is 0 Å². The molecule has 0 aliphatic carbocycles. The summed E-state index contributed by atoms with van der Waals surface area (Å²) in [5.74, 6) is 2.22. The fourth-order valence-corrected chi connectivity index (χ4v) is 1.91. The molecule has 1 aliphatic heterocycles. The van der Waals surface area contributed by atoms with Crippen molar-refractivity contribution in [1.82, 2.24) is 0 Å². The predicted molar refractivity (Wildman–Crippen MR) is 57.9 cm³/mol. The monoisotopic (exact) mass is 220 g/mol. The van der Waals surface area contributed by atoms with E-state index >= 15 is 0 Å². The standard InChI is InChI=1S/C12H12O4/c1-7-4-9-10(15-7)2-3-11-12(9)14-6-8(5-13)16-11/h2-4,8,13H,5-6H2,1H3/t8-/m0/s1. The van der Waals surface area contributed by atoms with Crippen molar-refractivity contribution in [2.75, 3.05) is 13.2 Å². The Morgan fingerprint density at radius 2 is 2.31 bits per heavy atom. The van der Waals surface area contributed by atoms with Gasteiger partial charge in [-0.25, -0.2) is 0 Å². The Bertz CT molecular complexity index is 529. The van der Waals surface area contributed by atoms with Crippen LogP contribution in [-0.2, 0) is 0 Å². The summed E-state index contributed by atoms with van der Waals surface area (Å²) in [5, 5.41) is 9.93. The van der Waals surface area contributed by atoms with E-state index in [1.807, 2.05) is 25.1 Å². The predicted octanol–water partition coefficient (Wildman–Crippen LogP) is 1.87. The lowest BCUT2D eigenvalue weighted by molar-refractivity contribution is 0.0467. The van der Waals surface area contributed by atoms with Crippen LogP contribution in [0.3, 0.4) is 0 Å². The lowest BCUT2D eigenvalue weighted by atomic mass is 10.2. The number of hydrogen-bond donors (Lipinski definition) is 1. The molecule has 1 aromatic carbocycles. The molecule has 4 nitrogen and oxygen atoms in total. The lowest BCUT2D eigenvalue weighted by Crippen LogP contribution is -2.32. The number of rotatable bonds is 1. The van der Waals surface area contributed by atoms with Gasteiger partial charge in [-0.05, 0) is 25.1 Å². The minimum atomic E-state index is -0.280. The minimum Gasteiger partial charge on any atom is -0.485 e. The summed E-state index contributed by atoms with van der Waals surface area (Å²) in [7, 11) is 0. The largest absolute Gasteiger partial charge is 0.485 e. The van der Waals surface area contributed by atoms with Crippen molar-refractivity contribution in [1.29, 1.82) is 0 Å². The van der Waals surface area contributed by atoms with Gasteiger partial charge in [0, 0.05) is 0 Å². The Morgan fingerprint density at radius 3 is 3.12 bits per heavy atom. The normalized spacial score (nSPS) is 19.0. The quantitative estimate of drug-likeness (QED) is 0.797. The summed E-state index contributed by atoms with van der Waals surface area (Å²) in [6.07, 6.45) is -0.280. The zero-order chi connectivity index (χ0) is 11.1. The molecule has 2 heterocycles. The Morgan fingerprint density at radius 1 is 1.44 bits per heavy atom. The van der Waals surface area contributed by atoms with Crippen LogP contribution in [0.25, 0.3) is 11.0 Å². The summed E-state index contributed by atoms with van der Waals surface area (Å²) < 4.78 is 16.7. The van der Waals surface area contributed by atoms with Crippen LogP contribution in [0.4, 0.5) is 0 Å². The molecule has 4 heteroatoms. The molecule has 1 aliphatic rings. The second-order valence-corrected chi connectivity index (χ2v) is 3.90. The first-order valence-electron chi connectivity index (χ1n) is 5.21. The van der Waals surface area contributed by atoms with E-state index in [-0.39, 0.29) is 12.7 Å². The zero-order valence-electron chi connectivity index (χ0n) is 8.90. The number of ether oxygens (including phenoxy) is 2. The van der Waals surface area contributed by atoms with Crippen LogP contribution >= 0.6 is 0 Å². The molecular weight excluding hydrogens is 208 g/mol. The van der Waals surface area contributed by atoms with Gasteiger partial charge in [0.25, 0.3) is 0 Å². The number of aliphatic hydroxyl groups excluding tert-OH is 1. The van der Waals surface area contributed by atoms with E-state index in [0.717, 1.165) is 16.7 Å². The fraction of sp³-hybridized carbons (Fsp3) is 0.333. The first-order valence-corrected chi connectivity index (χ1v) is 5.21. The average Bonchev–Trinajstić information content (AvgIpc) is 2.69. The number of furan rings is 1. The molecule has 2 aromatic rings. The van der Waals surface area contributed by atoms with Gasteiger partial charge in [-0.3, -0.25) is 0 Å². The molecule has 0 unspecified atom stereocenters. The molecule has 84 valence electrons. The smallest absolute Gasteiger partial charge is 0.172 e. The summed E-state index contributed by atoms with van der Waals surface area (Å²) in [4.78, 5) is 0. The number of benzene rings is 1. The third-order valence-electron chi connectivity index (χ3n) is 2.65. The molecule has 0 saturated heterocycles. The summed E-state index contributed by atoms with van der Waals surface area (Å²) in [6, 6.07) is 5.59. The van der Waals surface area contributed by atoms with Crippen molar-refractivity contribution >= 4 is 11.0 Å². The van der Waals surface area contributed by atoms with E-state index in [2.05, 4.69) is 0 Å². The maximum absolute atomic E-state index is 9.01. The molecule has 1 atom stereocenters. The van der Waals surface area contributed by atoms with E-state index in [4.69, 9.17) is 19.0 Å². The molecule has 1 N–H and O–H groups in total. The number of hydrogen-bond acceptors (Lipinski definition) is 4.